The molecule has 2 aromatic carbocycles. The lowest BCUT2D eigenvalue weighted by Crippen LogP contribution is -2.39. The molecule has 9 heteroatoms. The van der Waals surface area contributed by atoms with Gasteiger partial charge in [0, 0.05) is 25.3 Å². The normalized spacial score (nSPS) is 15.5. The van der Waals surface area contributed by atoms with Gasteiger partial charge in [-0.1, -0.05) is 6.07 Å². The molecule has 2 aromatic rings. The highest BCUT2D eigenvalue weighted by Gasteiger charge is 2.27. The van der Waals surface area contributed by atoms with Gasteiger partial charge in [0.1, 0.15) is 0 Å². The Morgan fingerprint density at radius 1 is 1.06 bits per heavy atom. The first-order valence-corrected chi connectivity index (χ1v) is 12.0. The van der Waals surface area contributed by atoms with Gasteiger partial charge in [0.05, 0.1) is 25.2 Å². The number of nitrogens with zero attached hydrogens (tertiary/aromatic N) is 2. The quantitative estimate of drug-likeness (QED) is 0.618. The van der Waals surface area contributed by atoms with Crippen LogP contribution in [0.3, 0.4) is 0 Å². The topological polar surface area (TPSA) is 88.2 Å². The molecule has 0 spiro atoms. The van der Waals surface area contributed by atoms with Gasteiger partial charge in [0.2, 0.25) is 15.9 Å². The predicted molar refractivity (Wildman–Crippen MR) is 124 cm³/mol. The van der Waals surface area contributed by atoms with E-state index in [2.05, 4.69) is 5.32 Å². The number of benzene rings is 2. The average molecular weight is 462 g/mol. The van der Waals surface area contributed by atoms with Crippen molar-refractivity contribution in [3.05, 3.63) is 48.0 Å². The number of hydrogen-bond acceptors (Lipinski definition) is 6. The molecule has 1 aliphatic heterocycles. The molecule has 174 valence electrons. The minimum atomic E-state index is -3.47. The molecule has 8 nitrogen and oxygen atoms in total. The lowest BCUT2D eigenvalue weighted by molar-refractivity contribution is -0.120. The second kappa shape index (κ2) is 10.3. The Labute approximate surface area is 190 Å². The van der Waals surface area contributed by atoms with Crippen LogP contribution in [0.1, 0.15) is 25.3 Å². The number of rotatable bonds is 9. The summed E-state index contributed by atoms with van der Waals surface area (Å²) in [6, 6.07) is 11.6. The van der Waals surface area contributed by atoms with Crippen LogP contribution >= 0.6 is 0 Å². The van der Waals surface area contributed by atoms with Gasteiger partial charge in [-0.25, -0.2) is 8.42 Å². The minimum absolute atomic E-state index is 0.178. The monoisotopic (exact) mass is 461 g/mol. The van der Waals surface area contributed by atoms with Crippen molar-refractivity contribution in [2.24, 2.45) is 0 Å². The van der Waals surface area contributed by atoms with E-state index >= 15 is 0 Å². The zero-order valence-electron chi connectivity index (χ0n) is 19.0. The summed E-state index contributed by atoms with van der Waals surface area (Å²) < 4.78 is 37.4. The summed E-state index contributed by atoms with van der Waals surface area (Å²) in [7, 11) is 1.58. The lowest BCUT2D eigenvalue weighted by atomic mass is 10.1. The third-order valence-electron chi connectivity index (χ3n) is 5.75. The number of carbonyl (C=O) groups is 1. The highest BCUT2D eigenvalue weighted by atomic mass is 32.2. The van der Waals surface area contributed by atoms with Crippen molar-refractivity contribution in [2.75, 3.05) is 39.7 Å². The number of likely N-dealkylation sites (N-methyl/N-ethyl adjacent to an activating group) is 1. The molecule has 1 N–H and O–H groups in total. The number of ether oxygens (including phenoxy) is 2. The standard InChI is InChI=1S/C23H31N3O5S/c1-17(25(2)16-18-7-12-21(30-3)22(15-18)31-4)23(27)24-19-8-10-20(11-9-19)32(28,29)26-13-5-6-14-26/h7-12,15,17H,5-6,13-14,16H2,1-4H3,(H,24,27). The van der Waals surface area contributed by atoms with Crippen LogP contribution in [0.15, 0.2) is 47.4 Å². The van der Waals surface area contributed by atoms with Gasteiger partial charge < -0.3 is 14.8 Å². The molecule has 1 saturated heterocycles. The Morgan fingerprint density at radius 2 is 1.69 bits per heavy atom. The van der Waals surface area contributed by atoms with Crippen LogP contribution in [0.5, 0.6) is 11.5 Å². The number of hydrogen-bond donors (Lipinski definition) is 1. The molecular formula is C23H31N3O5S. The summed E-state index contributed by atoms with van der Waals surface area (Å²) in [6.07, 6.45) is 1.78. The van der Waals surface area contributed by atoms with Gasteiger partial charge in [-0.05, 0) is 68.8 Å². The molecule has 1 heterocycles. The van der Waals surface area contributed by atoms with Crippen LogP contribution in [0.2, 0.25) is 0 Å². The third-order valence-corrected chi connectivity index (χ3v) is 7.66. The zero-order valence-corrected chi connectivity index (χ0v) is 19.8. The Balaban J connectivity index is 1.61. The van der Waals surface area contributed by atoms with Crippen molar-refractivity contribution in [2.45, 2.75) is 37.2 Å². The van der Waals surface area contributed by atoms with E-state index in [1.807, 2.05) is 37.1 Å². The van der Waals surface area contributed by atoms with Gasteiger partial charge in [-0.15, -0.1) is 0 Å². The van der Waals surface area contributed by atoms with Crippen LogP contribution in [-0.4, -0.2) is 63.9 Å². The highest BCUT2D eigenvalue weighted by Crippen LogP contribution is 2.28. The first kappa shape index (κ1) is 24.0. The fourth-order valence-electron chi connectivity index (χ4n) is 3.64. The Morgan fingerprint density at radius 3 is 2.28 bits per heavy atom. The number of amides is 1. The van der Waals surface area contributed by atoms with Crippen molar-refractivity contribution in [1.29, 1.82) is 0 Å². The zero-order chi connectivity index (χ0) is 23.3. The van der Waals surface area contributed by atoms with E-state index in [0.717, 1.165) is 18.4 Å². The predicted octanol–water partition coefficient (Wildman–Crippen LogP) is 2.95. The first-order chi connectivity index (χ1) is 15.3. The molecule has 1 fully saturated rings. The van der Waals surface area contributed by atoms with E-state index in [-0.39, 0.29) is 10.8 Å². The summed E-state index contributed by atoms with van der Waals surface area (Å²) in [4.78, 5) is 14.9. The SMILES string of the molecule is COc1ccc(CN(C)C(C)C(=O)Nc2ccc(S(=O)(=O)N3CCCC3)cc2)cc1OC. The fraction of sp³-hybridized carbons (Fsp3) is 0.435. The van der Waals surface area contributed by atoms with E-state index in [9.17, 15) is 13.2 Å². The van der Waals surface area contributed by atoms with Crippen molar-refractivity contribution in [1.82, 2.24) is 9.21 Å². The largest absolute Gasteiger partial charge is 0.493 e. The molecule has 0 radical (unpaired) electrons. The Hall–Kier alpha value is -2.62. The molecule has 3 rings (SSSR count). The molecule has 0 aromatic heterocycles. The van der Waals surface area contributed by atoms with Gasteiger partial charge >= 0.3 is 0 Å². The summed E-state index contributed by atoms with van der Waals surface area (Å²) in [5, 5.41) is 2.86. The first-order valence-electron chi connectivity index (χ1n) is 10.6. The molecule has 0 aliphatic carbocycles. The number of sulfonamides is 1. The molecule has 1 amide bonds. The van der Waals surface area contributed by atoms with E-state index in [4.69, 9.17) is 9.47 Å². The lowest BCUT2D eigenvalue weighted by Gasteiger charge is -2.24. The van der Waals surface area contributed by atoms with Crippen molar-refractivity contribution < 1.29 is 22.7 Å². The second-order valence-electron chi connectivity index (χ2n) is 7.91. The van der Waals surface area contributed by atoms with Crippen LogP contribution in [0.25, 0.3) is 0 Å². The number of nitrogens with one attached hydrogen (secondary N) is 1. The number of methoxy groups -OCH3 is 2. The van der Waals surface area contributed by atoms with E-state index in [1.165, 1.54) is 4.31 Å². The van der Waals surface area contributed by atoms with Gasteiger partial charge in [0.15, 0.2) is 11.5 Å². The van der Waals surface area contributed by atoms with Gasteiger partial charge in [-0.3, -0.25) is 9.69 Å². The number of carbonyl (C=O) groups excluding carboxylic acids is 1. The maximum atomic E-state index is 12.7. The van der Waals surface area contributed by atoms with E-state index in [1.54, 1.807) is 38.5 Å². The van der Waals surface area contributed by atoms with Crippen molar-refractivity contribution in [3.63, 3.8) is 0 Å². The molecule has 0 saturated carbocycles. The molecule has 0 bridgehead atoms. The smallest absolute Gasteiger partial charge is 0.243 e. The van der Waals surface area contributed by atoms with Crippen LogP contribution in [0, 0.1) is 0 Å². The van der Waals surface area contributed by atoms with E-state index in [0.29, 0.717) is 36.8 Å². The third kappa shape index (κ3) is 5.40. The molecule has 32 heavy (non-hydrogen) atoms. The maximum absolute atomic E-state index is 12.7. The minimum Gasteiger partial charge on any atom is -0.493 e. The average Bonchev–Trinajstić information content (AvgIpc) is 3.34. The highest BCUT2D eigenvalue weighted by molar-refractivity contribution is 7.89. The van der Waals surface area contributed by atoms with Gasteiger partial charge in [-0.2, -0.15) is 4.31 Å². The molecule has 1 unspecified atom stereocenters. The van der Waals surface area contributed by atoms with Crippen molar-refractivity contribution >= 4 is 21.6 Å². The van der Waals surface area contributed by atoms with Gasteiger partial charge in [0.25, 0.3) is 0 Å². The van der Waals surface area contributed by atoms with Crippen LogP contribution in [0.4, 0.5) is 5.69 Å². The second-order valence-corrected chi connectivity index (χ2v) is 9.84. The summed E-state index contributed by atoms with van der Waals surface area (Å²) in [5.41, 5.74) is 1.54. The molecular weight excluding hydrogens is 430 g/mol. The molecule has 1 atom stereocenters. The molecule has 1 aliphatic rings. The fourth-order valence-corrected chi connectivity index (χ4v) is 5.16. The summed E-state index contributed by atoms with van der Waals surface area (Å²) in [5.74, 6) is 1.11. The maximum Gasteiger partial charge on any atom is 0.243 e. The van der Waals surface area contributed by atoms with Crippen molar-refractivity contribution in [3.8, 4) is 11.5 Å². The van der Waals surface area contributed by atoms with E-state index < -0.39 is 16.1 Å². The number of anilines is 1. The van der Waals surface area contributed by atoms with Crippen LogP contribution in [-0.2, 0) is 21.4 Å². The Kier molecular flexibility index (Phi) is 7.76. The van der Waals surface area contributed by atoms with Crippen LogP contribution < -0.4 is 14.8 Å². The summed E-state index contributed by atoms with van der Waals surface area (Å²) >= 11 is 0. The summed E-state index contributed by atoms with van der Waals surface area (Å²) in [6.45, 7) is 3.49. The Bertz CT molecular complexity index is 1030.